The summed E-state index contributed by atoms with van der Waals surface area (Å²) in [4.78, 5) is 21.9. The molecule has 0 bridgehead atoms. The van der Waals surface area contributed by atoms with Crippen molar-refractivity contribution in [2.24, 2.45) is 14.1 Å². The van der Waals surface area contributed by atoms with Crippen LogP contribution in [0.5, 0.6) is 0 Å². The lowest BCUT2D eigenvalue weighted by Gasteiger charge is -2.29. The van der Waals surface area contributed by atoms with E-state index in [1.165, 1.54) is 10.6 Å². The largest absolute Gasteiger partial charge is 0.373 e. The third kappa shape index (κ3) is 3.69. The number of nitrogens with zero attached hydrogens (tertiary/aromatic N) is 5. The number of aromatic nitrogens is 4. The molecule has 35 heavy (non-hydrogen) atoms. The summed E-state index contributed by atoms with van der Waals surface area (Å²) in [5.41, 5.74) is 2.44. The summed E-state index contributed by atoms with van der Waals surface area (Å²) < 4.78 is 3.24. The normalized spacial score (nSPS) is 12.9. The van der Waals surface area contributed by atoms with E-state index in [0.29, 0.717) is 49.7 Å². The molecule has 0 spiro atoms. The van der Waals surface area contributed by atoms with Gasteiger partial charge < -0.3 is 14.2 Å². The highest BCUT2D eigenvalue weighted by Crippen LogP contribution is 2.37. The molecule has 0 radical (unpaired) electrons. The maximum Gasteiger partial charge on any atom is 0.251 e. The van der Waals surface area contributed by atoms with Gasteiger partial charge in [-0.1, -0.05) is 35.9 Å². The Bertz CT molecular complexity index is 1680. The van der Waals surface area contributed by atoms with E-state index in [1.54, 1.807) is 85.8 Å². The zero-order valence-electron chi connectivity index (χ0n) is 19.0. The molecule has 7 nitrogen and oxygen atoms in total. The van der Waals surface area contributed by atoms with Crippen LogP contribution in [0.15, 0.2) is 84.0 Å². The van der Waals surface area contributed by atoms with Gasteiger partial charge in [0.05, 0.1) is 46.6 Å². The van der Waals surface area contributed by atoms with E-state index < -0.39 is 5.60 Å². The van der Waals surface area contributed by atoms with Crippen molar-refractivity contribution in [3.63, 3.8) is 0 Å². The van der Waals surface area contributed by atoms with Crippen LogP contribution in [0.4, 0.5) is 0 Å². The maximum atomic E-state index is 12.7. The minimum Gasteiger partial charge on any atom is -0.373 e. The van der Waals surface area contributed by atoms with Crippen molar-refractivity contribution in [3.8, 4) is 17.2 Å². The number of imidazole rings is 1. The first-order valence-corrected chi connectivity index (χ1v) is 11.2. The van der Waals surface area contributed by atoms with Crippen LogP contribution in [-0.4, -0.2) is 24.2 Å². The Balaban J connectivity index is 1.84. The second-order valence-corrected chi connectivity index (χ2v) is 8.76. The highest BCUT2D eigenvalue weighted by Gasteiger charge is 2.38. The third-order valence-corrected chi connectivity index (χ3v) is 6.46. The van der Waals surface area contributed by atoms with Gasteiger partial charge in [0.15, 0.2) is 5.60 Å². The Morgan fingerprint density at radius 2 is 1.83 bits per heavy atom. The van der Waals surface area contributed by atoms with Crippen LogP contribution < -0.4 is 5.56 Å². The summed E-state index contributed by atoms with van der Waals surface area (Å²) in [5.74, 6) is 0. The van der Waals surface area contributed by atoms with Gasteiger partial charge in [0, 0.05) is 30.7 Å². The van der Waals surface area contributed by atoms with Gasteiger partial charge in [-0.15, -0.1) is 0 Å². The number of hydrogen-bond donors (Lipinski definition) is 1. The third-order valence-electron chi connectivity index (χ3n) is 6.21. The zero-order valence-corrected chi connectivity index (χ0v) is 19.7. The van der Waals surface area contributed by atoms with E-state index in [9.17, 15) is 15.2 Å². The predicted molar refractivity (Wildman–Crippen MR) is 134 cm³/mol. The molecule has 8 heteroatoms. The second-order valence-electron chi connectivity index (χ2n) is 8.32. The zero-order chi connectivity index (χ0) is 24.7. The van der Waals surface area contributed by atoms with Crippen molar-refractivity contribution in [3.05, 3.63) is 117 Å². The summed E-state index contributed by atoms with van der Waals surface area (Å²) in [7, 11) is 3.47. The van der Waals surface area contributed by atoms with Gasteiger partial charge in [0.1, 0.15) is 0 Å². The Morgan fingerprint density at radius 3 is 2.51 bits per heavy atom. The van der Waals surface area contributed by atoms with E-state index in [1.807, 2.05) is 6.07 Å². The van der Waals surface area contributed by atoms with Crippen LogP contribution >= 0.6 is 11.6 Å². The van der Waals surface area contributed by atoms with E-state index >= 15 is 0 Å². The number of pyridine rings is 2. The molecule has 3 heterocycles. The van der Waals surface area contributed by atoms with Crippen LogP contribution in [0.25, 0.3) is 22.2 Å². The molecule has 1 unspecified atom stereocenters. The topological polar surface area (TPSA) is 96.7 Å². The number of hydrogen-bond acceptors (Lipinski definition) is 5. The van der Waals surface area contributed by atoms with Crippen LogP contribution in [0.1, 0.15) is 22.5 Å². The summed E-state index contributed by atoms with van der Waals surface area (Å²) in [6.07, 6.45) is 3.21. The first-order chi connectivity index (χ1) is 16.8. The van der Waals surface area contributed by atoms with Crippen molar-refractivity contribution in [1.82, 2.24) is 19.1 Å². The highest BCUT2D eigenvalue weighted by molar-refractivity contribution is 6.30. The van der Waals surface area contributed by atoms with Crippen molar-refractivity contribution in [2.45, 2.75) is 5.60 Å². The lowest BCUT2D eigenvalue weighted by atomic mass is 9.86. The molecule has 172 valence electrons. The molecule has 5 rings (SSSR count). The summed E-state index contributed by atoms with van der Waals surface area (Å²) >= 11 is 6.12. The molecule has 0 saturated heterocycles. The molecule has 1 atom stereocenters. The fraction of sp³-hybridized carbons (Fsp3) is 0.111. The fourth-order valence-electron chi connectivity index (χ4n) is 4.33. The van der Waals surface area contributed by atoms with Gasteiger partial charge in [-0.05, 0) is 47.5 Å². The van der Waals surface area contributed by atoms with E-state index in [2.05, 4.69) is 11.1 Å². The summed E-state index contributed by atoms with van der Waals surface area (Å²) in [6.45, 7) is 0. The van der Waals surface area contributed by atoms with E-state index in [-0.39, 0.29) is 5.56 Å². The Labute approximate surface area is 206 Å². The minimum absolute atomic E-state index is 0.205. The minimum atomic E-state index is -1.65. The molecule has 0 aliphatic rings. The van der Waals surface area contributed by atoms with Crippen LogP contribution in [0.2, 0.25) is 5.02 Å². The first-order valence-electron chi connectivity index (χ1n) is 10.8. The number of fused-ring (bicyclic) bond motifs is 1. The van der Waals surface area contributed by atoms with Crippen LogP contribution in [0, 0.1) is 11.3 Å². The molecule has 1 N–H and O–H groups in total. The van der Waals surface area contributed by atoms with Gasteiger partial charge in [-0.25, -0.2) is 9.97 Å². The fourth-order valence-corrected chi connectivity index (χ4v) is 4.46. The van der Waals surface area contributed by atoms with E-state index in [0.717, 1.165) is 0 Å². The van der Waals surface area contributed by atoms with Crippen molar-refractivity contribution < 1.29 is 5.11 Å². The van der Waals surface area contributed by atoms with Gasteiger partial charge >= 0.3 is 0 Å². The second kappa shape index (κ2) is 8.51. The monoisotopic (exact) mass is 481 g/mol. The number of rotatable bonds is 4. The average molecular weight is 482 g/mol. The smallest absolute Gasteiger partial charge is 0.251 e. The molecule has 0 fully saturated rings. The molecule has 0 saturated carbocycles. The van der Waals surface area contributed by atoms with Crippen LogP contribution in [-0.2, 0) is 19.7 Å². The number of aliphatic hydroxyl groups is 1. The lowest BCUT2D eigenvalue weighted by molar-refractivity contribution is 0.113. The van der Waals surface area contributed by atoms with Crippen molar-refractivity contribution >= 4 is 22.6 Å². The van der Waals surface area contributed by atoms with Crippen molar-refractivity contribution in [1.29, 1.82) is 5.26 Å². The van der Waals surface area contributed by atoms with Crippen molar-refractivity contribution in [2.75, 3.05) is 0 Å². The summed E-state index contributed by atoms with van der Waals surface area (Å²) in [6, 6.07) is 21.0. The Morgan fingerprint density at radius 1 is 1.06 bits per heavy atom. The Hall–Kier alpha value is -4.25. The molecule has 0 aliphatic carbocycles. The maximum absolute atomic E-state index is 12.7. The molecule has 0 aliphatic heterocycles. The number of nitriles is 1. The quantitative estimate of drug-likeness (QED) is 0.416. The summed E-state index contributed by atoms with van der Waals surface area (Å²) in [5, 5.41) is 22.1. The standard InChI is InChI=1S/C27H20ClN5O2/c1-32-16-30-15-24(32)27(35,19-6-8-20(28)9-7-19)23-11-10-22-26(31-23)21(13-25(34)33(22)2)18-5-3-4-17(12-18)14-29/h3-13,15-16,35H,1-2H3. The number of benzene rings is 2. The SMILES string of the molecule is Cn1cncc1C(O)(c1ccc(Cl)cc1)c1ccc2c(n1)c(-c1cccc(C#N)c1)cc(=O)n2C. The number of halogens is 1. The average Bonchev–Trinajstić information content (AvgIpc) is 3.32. The predicted octanol–water partition coefficient (Wildman–Crippen LogP) is 4.14. The molecule has 3 aromatic heterocycles. The van der Waals surface area contributed by atoms with Gasteiger partial charge in [-0.2, -0.15) is 5.26 Å². The van der Waals surface area contributed by atoms with Crippen LogP contribution in [0.3, 0.4) is 0 Å². The van der Waals surface area contributed by atoms with E-state index in [4.69, 9.17) is 16.6 Å². The first kappa shape index (κ1) is 22.5. The van der Waals surface area contributed by atoms with Gasteiger partial charge in [0.2, 0.25) is 0 Å². The Kier molecular flexibility index (Phi) is 5.48. The molecule has 2 aromatic carbocycles. The molecule has 5 aromatic rings. The lowest BCUT2D eigenvalue weighted by Crippen LogP contribution is -2.32. The van der Waals surface area contributed by atoms with Gasteiger partial charge in [0.25, 0.3) is 5.56 Å². The molecule has 0 amide bonds. The number of aryl methyl sites for hydroxylation is 2. The van der Waals surface area contributed by atoms with Gasteiger partial charge in [-0.3, -0.25) is 4.79 Å². The highest BCUT2D eigenvalue weighted by atomic mass is 35.5. The molecular weight excluding hydrogens is 462 g/mol. The molecular formula is C27H20ClN5O2.